The van der Waals surface area contributed by atoms with Gasteiger partial charge in [-0.3, -0.25) is 9.89 Å². The highest BCUT2D eigenvalue weighted by molar-refractivity contribution is 5.81. The van der Waals surface area contributed by atoms with Gasteiger partial charge in [-0.2, -0.15) is 5.10 Å². The lowest BCUT2D eigenvalue weighted by atomic mass is 10.1. The van der Waals surface area contributed by atoms with E-state index in [2.05, 4.69) is 10.2 Å². The highest BCUT2D eigenvalue weighted by Crippen LogP contribution is 2.20. The van der Waals surface area contributed by atoms with Crippen molar-refractivity contribution in [3.63, 3.8) is 0 Å². The van der Waals surface area contributed by atoms with Gasteiger partial charge in [0.2, 0.25) is 0 Å². The van der Waals surface area contributed by atoms with Gasteiger partial charge in [0, 0.05) is 18.2 Å². The number of nitrogens with zero attached hydrogens (tertiary/aromatic N) is 2. The number of carbonyl (C=O) groups excluding carboxylic acids is 1. The molecule has 0 radical (unpaired) electrons. The molecule has 1 saturated heterocycles. The first-order valence-electron chi connectivity index (χ1n) is 8.67. The highest BCUT2D eigenvalue weighted by atomic mass is 16.5. The minimum atomic E-state index is -0.294. The van der Waals surface area contributed by atoms with Gasteiger partial charge in [0.05, 0.1) is 17.9 Å². The summed E-state index contributed by atoms with van der Waals surface area (Å²) >= 11 is 0. The van der Waals surface area contributed by atoms with E-state index < -0.39 is 0 Å². The van der Waals surface area contributed by atoms with E-state index in [0.29, 0.717) is 13.2 Å². The van der Waals surface area contributed by atoms with Crippen molar-refractivity contribution in [2.45, 2.75) is 51.8 Å². The Labute approximate surface area is 143 Å². The second kappa shape index (κ2) is 7.62. The number of ether oxygens (including phenoxy) is 1. The SMILES string of the molecule is CC(C)N(Cc1cc(-c2ccccc2)n[nH]1)C(=O)C1CCCCO1. The average molecular weight is 327 g/mol. The van der Waals surface area contributed by atoms with Crippen LogP contribution in [0.15, 0.2) is 36.4 Å². The Morgan fingerprint density at radius 1 is 1.33 bits per heavy atom. The fourth-order valence-electron chi connectivity index (χ4n) is 3.02. The van der Waals surface area contributed by atoms with Gasteiger partial charge in [-0.1, -0.05) is 30.3 Å². The maximum Gasteiger partial charge on any atom is 0.252 e. The maximum atomic E-state index is 12.8. The molecule has 5 nitrogen and oxygen atoms in total. The highest BCUT2D eigenvalue weighted by Gasteiger charge is 2.28. The molecular weight excluding hydrogens is 302 g/mol. The molecule has 1 aromatic carbocycles. The van der Waals surface area contributed by atoms with E-state index in [1.165, 1.54) is 0 Å². The molecule has 2 aromatic rings. The van der Waals surface area contributed by atoms with Crippen LogP contribution < -0.4 is 0 Å². The number of carbonyl (C=O) groups is 1. The average Bonchev–Trinajstić information content (AvgIpc) is 3.09. The van der Waals surface area contributed by atoms with E-state index in [1.807, 2.05) is 55.1 Å². The van der Waals surface area contributed by atoms with Gasteiger partial charge in [0.25, 0.3) is 5.91 Å². The van der Waals surface area contributed by atoms with Crippen LogP contribution in [0.3, 0.4) is 0 Å². The summed E-state index contributed by atoms with van der Waals surface area (Å²) in [6.45, 7) is 5.28. The molecule has 2 heterocycles. The molecular formula is C19H25N3O2. The molecule has 1 fully saturated rings. The Morgan fingerprint density at radius 2 is 2.12 bits per heavy atom. The predicted molar refractivity (Wildman–Crippen MR) is 93.3 cm³/mol. The number of nitrogens with one attached hydrogen (secondary N) is 1. The molecule has 0 saturated carbocycles. The number of hydrogen-bond donors (Lipinski definition) is 1. The zero-order valence-corrected chi connectivity index (χ0v) is 14.4. The van der Waals surface area contributed by atoms with Crippen molar-refractivity contribution in [1.82, 2.24) is 15.1 Å². The zero-order valence-electron chi connectivity index (χ0n) is 14.4. The van der Waals surface area contributed by atoms with Crippen molar-refractivity contribution in [1.29, 1.82) is 0 Å². The molecule has 0 bridgehead atoms. The van der Waals surface area contributed by atoms with Gasteiger partial charge >= 0.3 is 0 Å². The van der Waals surface area contributed by atoms with Crippen molar-refractivity contribution in [3.05, 3.63) is 42.1 Å². The third-order valence-corrected chi connectivity index (χ3v) is 4.40. The van der Waals surface area contributed by atoms with Gasteiger partial charge < -0.3 is 9.64 Å². The van der Waals surface area contributed by atoms with Crippen LogP contribution in [0.2, 0.25) is 0 Å². The monoisotopic (exact) mass is 327 g/mol. The summed E-state index contributed by atoms with van der Waals surface area (Å²) in [6.07, 6.45) is 2.63. The molecule has 1 unspecified atom stereocenters. The normalized spacial score (nSPS) is 17.9. The lowest BCUT2D eigenvalue weighted by Gasteiger charge is -2.31. The van der Waals surface area contributed by atoms with E-state index in [-0.39, 0.29) is 18.1 Å². The van der Waals surface area contributed by atoms with Crippen molar-refractivity contribution >= 4 is 5.91 Å². The van der Waals surface area contributed by atoms with Crippen molar-refractivity contribution in [2.75, 3.05) is 6.61 Å². The summed E-state index contributed by atoms with van der Waals surface area (Å²) in [5, 5.41) is 7.44. The summed E-state index contributed by atoms with van der Waals surface area (Å²) in [4.78, 5) is 14.7. The lowest BCUT2D eigenvalue weighted by molar-refractivity contribution is -0.149. The first-order valence-corrected chi connectivity index (χ1v) is 8.67. The van der Waals surface area contributed by atoms with Crippen LogP contribution in [0, 0.1) is 0 Å². The molecule has 0 spiro atoms. The molecule has 1 amide bonds. The standard InChI is InChI=1S/C19H25N3O2/c1-14(2)22(19(23)18-10-6-7-11-24-18)13-16-12-17(21-20-16)15-8-4-3-5-9-15/h3-5,8-9,12,14,18H,6-7,10-11,13H2,1-2H3,(H,20,21). The Balaban J connectivity index is 1.72. The van der Waals surface area contributed by atoms with Crippen molar-refractivity contribution in [2.24, 2.45) is 0 Å². The molecule has 1 aliphatic heterocycles. The molecule has 1 atom stereocenters. The summed E-state index contributed by atoms with van der Waals surface area (Å²) in [5.74, 6) is 0.0839. The van der Waals surface area contributed by atoms with Crippen LogP contribution in [0.25, 0.3) is 11.3 Å². The summed E-state index contributed by atoms with van der Waals surface area (Å²) in [7, 11) is 0. The number of benzene rings is 1. The Bertz CT molecular complexity index is 660. The van der Waals surface area contributed by atoms with Crippen LogP contribution in [0.4, 0.5) is 0 Å². The van der Waals surface area contributed by atoms with E-state index in [1.54, 1.807) is 0 Å². The van der Waals surface area contributed by atoms with Crippen LogP contribution in [-0.2, 0) is 16.1 Å². The number of aromatic amines is 1. The van der Waals surface area contributed by atoms with Gasteiger partial charge in [-0.15, -0.1) is 0 Å². The molecule has 128 valence electrons. The predicted octanol–water partition coefficient (Wildman–Crippen LogP) is 3.38. The summed E-state index contributed by atoms with van der Waals surface area (Å²) < 4.78 is 5.67. The molecule has 3 rings (SSSR count). The van der Waals surface area contributed by atoms with Crippen LogP contribution in [-0.4, -0.2) is 39.8 Å². The first-order chi connectivity index (χ1) is 11.6. The largest absolute Gasteiger partial charge is 0.368 e. The van der Waals surface area contributed by atoms with E-state index in [4.69, 9.17) is 4.74 Å². The number of rotatable bonds is 5. The topological polar surface area (TPSA) is 58.2 Å². The minimum absolute atomic E-state index is 0.0839. The first kappa shape index (κ1) is 16.7. The third-order valence-electron chi connectivity index (χ3n) is 4.40. The van der Waals surface area contributed by atoms with Gasteiger partial charge in [0.15, 0.2) is 0 Å². The molecule has 1 aromatic heterocycles. The van der Waals surface area contributed by atoms with Crippen LogP contribution in [0.1, 0.15) is 38.8 Å². The van der Waals surface area contributed by atoms with Gasteiger partial charge in [-0.05, 0) is 39.2 Å². The Morgan fingerprint density at radius 3 is 2.79 bits per heavy atom. The molecule has 5 heteroatoms. The number of hydrogen-bond acceptors (Lipinski definition) is 3. The van der Waals surface area contributed by atoms with Crippen molar-refractivity contribution in [3.8, 4) is 11.3 Å². The quantitative estimate of drug-likeness (QED) is 0.916. The molecule has 1 aliphatic rings. The van der Waals surface area contributed by atoms with Gasteiger partial charge in [0.1, 0.15) is 6.10 Å². The summed E-state index contributed by atoms with van der Waals surface area (Å²) in [5.41, 5.74) is 2.90. The number of amides is 1. The van der Waals surface area contributed by atoms with E-state index in [9.17, 15) is 4.79 Å². The molecule has 0 aliphatic carbocycles. The fourth-order valence-corrected chi connectivity index (χ4v) is 3.02. The third kappa shape index (κ3) is 3.85. The molecule has 1 N–H and O–H groups in total. The van der Waals surface area contributed by atoms with Crippen LogP contribution in [0.5, 0.6) is 0 Å². The lowest BCUT2D eigenvalue weighted by Crippen LogP contribution is -2.44. The summed E-state index contributed by atoms with van der Waals surface area (Å²) in [6, 6.07) is 12.2. The van der Waals surface area contributed by atoms with Crippen LogP contribution >= 0.6 is 0 Å². The number of H-pyrrole nitrogens is 1. The molecule has 24 heavy (non-hydrogen) atoms. The van der Waals surface area contributed by atoms with E-state index in [0.717, 1.165) is 36.2 Å². The minimum Gasteiger partial charge on any atom is -0.368 e. The fraction of sp³-hybridized carbons (Fsp3) is 0.474. The van der Waals surface area contributed by atoms with Crippen molar-refractivity contribution < 1.29 is 9.53 Å². The second-order valence-corrected chi connectivity index (χ2v) is 6.56. The van der Waals surface area contributed by atoms with Gasteiger partial charge in [-0.25, -0.2) is 0 Å². The smallest absolute Gasteiger partial charge is 0.252 e. The second-order valence-electron chi connectivity index (χ2n) is 6.56. The Kier molecular flexibility index (Phi) is 5.30. The van der Waals surface area contributed by atoms with E-state index >= 15 is 0 Å². The maximum absolute atomic E-state index is 12.8. The Hall–Kier alpha value is -2.14. The number of aromatic nitrogens is 2. The zero-order chi connectivity index (χ0) is 16.9.